The number of phenols is 1. The molecule has 0 spiro atoms. The number of rotatable bonds is 4. The summed E-state index contributed by atoms with van der Waals surface area (Å²) in [6.45, 7) is 4.11. The first-order valence-corrected chi connectivity index (χ1v) is 6.55. The lowest BCUT2D eigenvalue weighted by Crippen LogP contribution is -2.23. The van der Waals surface area contributed by atoms with Crippen molar-refractivity contribution in [1.82, 2.24) is 0 Å². The van der Waals surface area contributed by atoms with E-state index < -0.39 is 0 Å². The zero-order chi connectivity index (χ0) is 14.9. The first-order valence-electron chi connectivity index (χ1n) is 6.55. The van der Waals surface area contributed by atoms with Crippen molar-refractivity contribution in [2.24, 2.45) is 0 Å². The number of hydrogen-bond acceptors (Lipinski definition) is 5. The Bertz CT molecular complexity index is 690. The number of aryl methyl sites for hydroxylation is 1. The van der Waals surface area contributed by atoms with Crippen LogP contribution in [0.3, 0.4) is 0 Å². The molecule has 0 saturated carbocycles. The first kappa shape index (κ1) is 14.4. The summed E-state index contributed by atoms with van der Waals surface area (Å²) in [6, 6.07) is 3.08. The van der Waals surface area contributed by atoms with Gasteiger partial charge >= 0.3 is 0 Å². The fraction of sp³-hybridized carbons (Fsp3) is 0.400. The monoisotopic (exact) mass is 277 g/mol. The van der Waals surface area contributed by atoms with E-state index in [9.17, 15) is 9.90 Å². The number of aliphatic hydroxyl groups excluding tert-OH is 1. The smallest absolute Gasteiger partial charge is 0.202 e. The van der Waals surface area contributed by atoms with Crippen molar-refractivity contribution in [2.75, 3.05) is 25.1 Å². The van der Waals surface area contributed by atoms with Gasteiger partial charge in [0.25, 0.3) is 0 Å². The molecule has 0 fully saturated rings. The molecule has 20 heavy (non-hydrogen) atoms. The Hall–Kier alpha value is -2.01. The Morgan fingerprint density at radius 2 is 1.95 bits per heavy atom. The van der Waals surface area contributed by atoms with Crippen molar-refractivity contribution in [1.29, 1.82) is 0 Å². The van der Waals surface area contributed by atoms with Gasteiger partial charge in [-0.1, -0.05) is 0 Å². The molecule has 1 aromatic carbocycles. The number of aromatic hydroxyl groups is 1. The van der Waals surface area contributed by atoms with Crippen LogP contribution >= 0.6 is 0 Å². The normalized spacial score (nSPS) is 11.0. The van der Waals surface area contributed by atoms with Gasteiger partial charge in [-0.2, -0.15) is 0 Å². The van der Waals surface area contributed by atoms with Crippen molar-refractivity contribution < 1.29 is 14.6 Å². The van der Waals surface area contributed by atoms with Crippen LogP contribution in [0, 0.1) is 13.8 Å². The van der Waals surface area contributed by atoms with E-state index >= 15 is 0 Å². The van der Waals surface area contributed by atoms with E-state index in [-0.39, 0.29) is 17.8 Å². The lowest BCUT2D eigenvalue weighted by atomic mass is 10.1. The average Bonchev–Trinajstić information content (AvgIpc) is 2.44. The highest BCUT2D eigenvalue weighted by molar-refractivity contribution is 5.83. The maximum atomic E-state index is 12.4. The van der Waals surface area contributed by atoms with Crippen molar-refractivity contribution in [3.63, 3.8) is 0 Å². The van der Waals surface area contributed by atoms with E-state index in [0.717, 1.165) is 0 Å². The largest absolute Gasteiger partial charge is 0.508 e. The van der Waals surface area contributed by atoms with Gasteiger partial charge in [-0.3, -0.25) is 4.79 Å². The minimum Gasteiger partial charge on any atom is -0.508 e. The molecule has 5 nitrogen and oxygen atoms in total. The van der Waals surface area contributed by atoms with Crippen LogP contribution < -0.4 is 10.3 Å². The maximum absolute atomic E-state index is 12.4. The zero-order valence-electron chi connectivity index (χ0n) is 11.9. The Labute approximate surface area is 117 Å². The highest BCUT2D eigenvalue weighted by Crippen LogP contribution is 2.29. The number of fused-ring (bicyclic) bond motifs is 1. The number of anilines is 1. The molecule has 0 amide bonds. The summed E-state index contributed by atoms with van der Waals surface area (Å²) in [4.78, 5) is 14.2. The Morgan fingerprint density at radius 1 is 1.25 bits per heavy atom. The van der Waals surface area contributed by atoms with Crippen LogP contribution in [-0.4, -0.2) is 30.4 Å². The Kier molecular flexibility index (Phi) is 3.99. The third-order valence-corrected chi connectivity index (χ3v) is 3.48. The topological polar surface area (TPSA) is 73.9 Å². The number of benzene rings is 1. The lowest BCUT2D eigenvalue weighted by molar-refractivity contribution is 0.289. The zero-order valence-corrected chi connectivity index (χ0v) is 11.9. The Morgan fingerprint density at radius 3 is 2.60 bits per heavy atom. The molecule has 0 aliphatic heterocycles. The molecule has 0 unspecified atom stereocenters. The molecule has 0 aliphatic rings. The van der Waals surface area contributed by atoms with Crippen LogP contribution in [0.15, 0.2) is 21.3 Å². The van der Waals surface area contributed by atoms with E-state index in [2.05, 4.69) is 0 Å². The second-order valence-electron chi connectivity index (χ2n) is 4.95. The van der Waals surface area contributed by atoms with Crippen LogP contribution in [-0.2, 0) is 0 Å². The summed E-state index contributed by atoms with van der Waals surface area (Å²) in [5.41, 5.74) is 1.39. The average molecular weight is 277 g/mol. The summed E-state index contributed by atoms with van der Waals surface area (Å²) in [6.07, 6.45) is 0.594. The van der Waals surface area contributed by atoms with Crippen LogP contribution in [0.25, 0.3) is 11.0 Å². The molecule has 0 aliphatic carbocycles. The number of hydrogen-bond donors (Lipinski definition) is 2. The molecule has 2 rings (SSSR count). The molecule has 2 N–H and O–H groups in total. The predicted octanol–water partition coefficient (Wildman–Crippen LogP) is 1.93. The van der Waals surface area contributed by atoms with Gasteiger partial charge < -0.3 is 19.5 Å². The summed E-state index contributed by atoms with van der Waals surface area (Å²) >= 11 is 0. The fourth-order valence-electron chi connectivity index (χ4n) is 2.24. The molecular weight excluding hydrogens is 258 g/mol. The van der Waals surface area contributed by atoms with E-state index in [4.69, 9.17) is 9.52 Å². The van der Waals surface area contributed by atoms with Crippen LogP contribution in [0.1, 0.15) is 17.5 Å². The first-order chi connectivity index (χ1) is 9.47. The standard InChI is InChI=1S/C15H19NO4/c1-9-12(18)6-5-11-13(19)10(2)15(20-14(9)11)16(3)7-4-8-17/h5-6,17-18H,4,7-8H2,1-3H3. The molecule has 108 valence electrons. The van der Waals surface area contributed by atoms with Crippen molar-refractivity contribution in [3.05, 3.63) is 33.5 Å². The Balaban J connectivity index is 2.65. The van der Waals surface area contributed by atoms with Gasteiger partial charge in [-0.25, -0.2) is 0 Å². The second kappa shape index (κ2) is 5.54. The van der Waals surface area contributed by atoms with Gasteiger partial charge in [0.2, 0.25) is 5.88 Å². The number of aliphatic hydroxyl groups is 1. The van der Waals surface area contributed by atoms with E-state index in [1.807, 2.05) is 7.05 Å². The molecule has 0 saturated heterocycles. The van der Waals surface area contributed by atoms with Gasteiger partial charge in [0.1, 0.15) is 11.3 Å². The summed E-state index contributed by atoms with van der Waals surface area (Å²) in [5, 5.41) is 19.1. The van der Waals surface area contributed by atoms with Crippen LogP contribution in [0.2, 0.25) is 0 Å². The fourth-order valence-corrected chi connectivity index (χ4v) is 2.24. The van der Waals surface area contributed by atoms with E-state index in [1.165, 1.54) is 6.07 Å². The molecule has 0 radical (unpaired) electrons. The molecule has 0 atom stereocenters. The van der Waals surface area contributed by atoms with Gasteiger partial charge in [-0.05, 0) is 32.4 Å². The molecule has 0 bridgehead atoms. The minimum absolute atomic E-state index is 0.0843. The van der Waals surface area contributed by atoms with Crippen molar-refractivity contribution in [2.45, 2.75) is 20.3 Å². The summed E-state index contributed by atoms with van der Waals surface area (Å²) in [7, 11) is 1.81. The third-order valence-electron chi connectivity index (χ3n) is 3.48. The molecule has 5 heteroatoms. The van der Waals surface area contributed by atoms with Crippen molar-refractivity contribution >= 4 is 16.9 Å². The maximum Gasteiger partial charge on any atom is 0.202 e. The second-order valence-corrected chi connectivity index (χ2v) is 4.95. The predicted molar refractivity (Wildman–Crippen MR) is 78.6 cm³/mol. The molecule has 1 aromatic heterocycles. The highest BCUT2D eigenvalue weighted by Gasteiger charge is 2.16. The quantitative estimate of drug-likeness (QED) is 0.893. The van der Waals surface area contributed by atoms with Crippen molar-refractivity contribution in [3.8, 4) is 5.75 Å². The minimum atomic E-state index is -0.0970. The van der Waals surface area contributed by atoms with Gasteiger partial charge in [0.15, 0.2) is 5.43 Å². The van der Waals surface area contributed by atoms with E-state index in [1.54, 1.807) is 24.8 Å². The SMILES string of the molecule is Cc1c(N(C)CCCO)oc2c(C)c(O)ccc2c1=O. The van der Waals surface area contributed by atoms with Crippen LogP contribution in [0.5, 0.6) is 5.75 Å². The van der Waals surface area contributed by atoms with Gasteiger partial charge in [0.05, 0.1) is 10.9 Å². The number of phenolic OH excluding ortho intramolecular Hbond substituents is 1. The number of nitrogens with zero attached hydrogens (tertiary/aromatic N) is 1. The molecule has 1 heterocycles. The lowest BCUT2D eigenvalue weighted by Gasteiger charge is -2.19. The van der Waals surface area contributed by atoms with Gasteiger partial charge in [-0.15, -0.1) is 0 Å². The third kappa shape index (κ3) is 2.36. The molecule has 2 aromatic rings. The van der Waals surface area contributed by atoms with Crippen LogP contribution in [0.4, 0.5) is 5.88 Å². The highest BCUT2D eigenvalue weighted by atomic mass is 16.4. The summed E-state index contributed by atoms with van der Waals surface area (Å²) < 4.78 is 5.83. The molecular formula is C15H19NO4. The summed E-state index contributed by atoms with van der Waals surface area (Å²) in [5.74, 6) is 0.582. The van der Waals surface area contributed by atoms with E-state index in [0.29, 0.717) is 40.9 Å². The van der Waals surface area contributed by atoms with Gasteiger partial charge in [0, 0.05) is 25.8 Å².